The molecule has 2 heterocycles. The number of fused-ring (bicyclic) bond motifs is 2. The van der Waals surface area contributed by atoms with Crippen LogP contribution >= 0.6 is 11.8 Å². The Morgan fingerprint density at radius 2 is 2.13 bits per heavy atom. The lowest BCUT2D eigenvalue weighted by Crippen LogP contribution is -2.60. The number of carbonyl (C=O) groups excluding carboxylic acids is 1. The van der Waals surface area contributed by atoms with E-state index in [9.17, 15) is 9.90 Å². The maximum Gasteiger partial charge on any atom is 0.223 e. The molecule has 4 aliphatic rings. The first-order valence-electron chi connectivity index (χ1n) is 12.2. The van der Waals surface area contributed by atoms with Gasteiger partial charge in [-0.2, -0.15) is 0 Å². The highest BCUT2D eigenvalue weighted by Crippen LogP contribution is 2.58. The molecule has 31 heavy (non-hydrogen) atoms. The van der Waals surface area contributed by atoms with Crippen molar-refractivity contribution in [2.24, 2.45) is 29.1 Å². The van der Waals surface area contributed by atoms with Crippen LogP contribution in [0.3, 0.4) is 0 Å². The van der Waals surface area contributed by atoms with Gasteiger partial charge in [-0.3, -0.25) is 20.3 Å². The number of morpholine rings is 1. The molecule has 178 valence electrons. The maximum atomic E-state index is 12.9. The molecule has 2 aliphatic heterocycles. The minimum Gasteiger partial charge on any atom is -0.392 e. The van der Waals surface area contributed by atoms with Crippen LogP contribution in [0.15, 0.2) is 0 Å². The Balaban J connectivity index is 1.35. The minimum absolute atomic E-state index is 0.0367. The predicted octanol–water partition coefficient (Wildman–Crippen LogP) is 1.08. The van der Waals surface area contributed by atoms with Crippen molar-refractivity contribution in [2.45, 2.75) is 62.9 Å². The van der Waals surface area contributed by atoms with Gasteiger partial charge in [0.05, 0.1) is 19.3 Å². The molecule has 0 spiro atoms. The van der Waals surface area contributed by atoms with Crippen molar-refractivity contribution < 1.29 is 14.6 Å². The fraction of sp³-hybridized carbons (Fsp3) is 0.957. The molecule has 0 bridgehead atoms. The Bertz CT molecular complexity index is 634. The summed E-state index contributed by atoms with van der Waals surface area (Å²) in [6.07, 6.45) is 2.76. The van der Waals surface area contributed by atoms with E-state index in [1.165, 1.54) is 0 Å². The van der Waals surface area contributed by atoms with E-state index in [1.807, 2.05) is 25.7 Å². The van der Waals surface area contributed by atoms with Gasteiger partial charge in [0, 0.05) is 43.4 Å². The number of nitrogens with zero attached hydrogens (tertiary/aromatic N) is 1. The van der Waals surface area contributed by atoms with E-state index in [0.717, 1.165) is 52.1 Å². The Morgan fingerprint density at radius 3 is 2.84 bits per heavy atom. The molecule has 4 fully saturated rings. The topological polar surface area (TPSA) is 85.9 Å². The molecule has 0 aromatic carbocycles. The van der Waals surface area contributed by atoms with E-state index in [4.69, 9.17) is 4.74 Å². The lowest BCUT2D eigenvalue weighted by atomic mass is 9.51. The van der Waals surface area contributed by atoms with Crippen molar-refractivity contribution in [3.63, 3.8) is 0 Å². The van der Waals surface area contributed by atoms with Gasteiger partial charge in [-0.1, -0.05) is 20.8 Å². The van der Waals surface area contributed by atoms with Gasteiger partial charge in [-0.25, -0.2) is 0 Å². The zero-order chi connectivity index (χ0) is 22.2. The van der Waals surface area contributed by atoms with Gasteiger partial charge in [-0.05, 0) is 49.5 Å². The van der Waals surface area contributed by atoms with Gasteiger partial charge in [0.2, 0.25) is 5.91 Å². The second kappa shape index (κ2) is 9.85. The average molecular weight is 455 g/mol. The quantitative estimate of drug-likeness (QED) is 0.478. The van der Waals surface area contributed by atoms with Crippen molar-refractivity contribution in [3.8, 4) is 0 Å². The molecule has 7 nitrogen and oxygen atoms in total. The Labute approximate surface area is 191 Å². The van der Waals surface area contributed by atoms with Crippen molar-refractivity contribution in [3.05, 3.63) is 0 Å². The molecule has 2 saturated heterocycles. The van der Waals surface area contributed by atoms with Gasteiger partial charge in [0.15, 0.2) is 0 Å². The first-order chi connectivity index (χ1) is 14.8. The highest BCUT2D eigenvalue weighted by Gasteiger charge is 2.58. The van der Waals surface area contributed by atoms with Gasteiger partial charge < -0.3 is 15.2 Å². The van der Waals surface area contributed by atoms with E-state index in [0.29, 0.717) is 29.3 Å². The molecule has 0 aromatic heterocycles. The minimum atomic E-state index is -0.421. The van der Waals surface area contributed by atoms with Gasteiger partial charge >= 0.3 is 0 Å². The molecule has 4 N–H and O–H groups in total. The number of hydrogen-bond donors (Lipinski definition) is 4. The molecule has 9 unspecified atom stereocenters. The molecule has 8 heteroatoms. The fourth-order valence-electron chi connectivity index (χ4n) is 6.84. The number of aliphatic hydroxyl groups excluding tert-OH is 1. The summed E-state index contributed by atoms with van der Waals surface area (Å²) < 4.78 is 5.39. The largest absolute Gasteiger partial charge is 0.392 e. The summed E-state index contributed by atoms with van der Waals surface area (Å²) in [6, 6.07) is 0.423. The van der Waals surface area contributed by atoms with Crippen LogP contribution in [0.25, 0.3) is 0 Å². The number of carbonyl (C=O) groups is 1. The number of thioether (sulfide) groups is 1. The monoisotopic (exact) mass is 454 g/mol. The van der Waals surface area contributed by atoms with E-state index in [2.05, 4.69) is 34.7 Å². The molecule has 2 saturated carbocycles. The third-order valence-electron chi connectivity index (χ3n) is 8.66. The summed E-state index contributed by atoms with van der Waals surface area (Å²) in [5, 5.41) is 22.4. The summed E-state index contributed by atoms with van der Waals surface area (Å²) in [6.45, 7) is 11.7. The molecule has 1 amide bonds. The fourth-order valence-corrected chi connectivity index (χ4v) is 8.53. The maximum absolute atomic E-state index is 12.9. The molecule has 4 rings (SSSR count). The number of amides is 1. The lowest BCUT2D eigenvalue weighted by Gasteiger charge is -2.57. The van der Waals surface area contributed by atoms with Crippen LogP contribution in [0.2, 0.25) is 0 Å². The van der Waals surface area contributed by atoms with Crippen LogP contribution in [-0.2, 0) is 9.53 Å². The molecule has 9 atom stereocenters. The highest BCUT2D eigenvalue weighted by molar-refractivity contribution is 8.00. The van der Waals surface area contributed by atoms with Gasteiger partial charge in [-0.15, -0.1) is 11.8 Å². The molecule has 0 radical (unpaired) electrons. The van der Waals surface area contributed by atoms with E-state index < -0.39 is 6.10 Å². The van der Waals surface area contributed by atoms with Crippen LogP contribution in [0.1, 0.15) is 40.0 Å². The van der Waals surface area contributed by atoms with Crippen molar-refractivity contribution in [1.82, 2.24) is 20.9 Å². The lowest BCUT2D eigenvalue weighted by molar-refractivity contribution is -0.141. The van der Waals surface area contributed by atoms with Crippen molar-refractivity contribution in [2.75, 3.05) is 46.4 Å². The standard InChI is InChI=1S/C23H42N4O3S/c1-14(21(29)25-7-8-27-9-11-30-12-10-27)16-5-6-23(3)13-17-19(26-22(24-4)31-17)15(2)18(23)20(16)28/h14-20,22,24,26,28H,5-13H2,1-4H3,(H,25,29). The number of aliphatic hydroxyl groups is 1. The van der Waals surface area contributed by atoms with E-state index in [-0.39, 0.29) is 29.1 Å². The van der Waals surface area contributed by atoms with Crippen LogP contribution in [0, 0.1) is 29.1 Å². The predicted molar refractivity (Wildman–Crippen MR) is 125 cm³/mol. The van der Waals surface area contributed by atoms with E-state index in [1.54, 1.807) is 0 Å². The van der Waals surface area contributed by atoms with Crippen molar-refractivity contribution >= 4 is 17.7 Å². The van der Waals surface area contributed by atoms with Gasteiger partial charge in [0.1, 0.15) is 5.50 Å². The van der Waals surface area contributed by atoms with Crippen LogP contribution in [0.5, 0.6) is 0 Å². The van der Waals surface area contributed by atoms with Gasteiger partial charge in [0.25, 0.3) is 0 Å². The summed E-state index contributed by atoms with van der Waals surface area (Å²) in [4.78, 5) is 15.3. The third-order valence-corrected chi connectivity index (χ3v) is 10.1. The highest BCUT2D eigenvalue weighted by atomic mass is 32.2. The van der Waals surface area contributed by atoms with E-state index >= 15 is 0 Å². The zero-order valence-electron chi connectivity index (χ0n) is 19.6. The summed E-state index contributed by atoms with van der Waals surface area (Å²) >= 11 is 2.01. The molecule has 0 aromatic rings. The number of hydrogen-bond acceptors (Lipinski definition) is 7. The normalized spacial score (nSPS) is 44.4. The van der Waals surface area contributed by atoms with Crippen molar-refractivity contribution in [1.29, 1.82) is 0 Å². The second-order valence-corrected chi connectivity index (χ2v) is 11.9. The first-order valence-corrected chi connectivity index (χ1v) is 13.1. The number of ether oxygens (including phenoxy) is 1. The second-order valence-electron chi connectivity index (χ2n) is 10.5. The molecular formula is C23H42N4O3S. The Kier molecular flexibility index (Phi) is 7.55. The SMILES string of the molecule is CNC1NC2C(CC3(C)CCC(C(C)C(=O)NCCN4CCOCC4)C(O)C3C2C)S1. The molecular weight excluding hydrogens is 412 g/mol. The Hall–Kier alpha value is -0.380. The average Bonchev–Trinajstić information content (AvgIpc) is 3.17. The van der Waals surface area contributed by atoms with Crippen LogP contribution in [0.4, 0.5) is 0 Å². The van der Waals surface area contributed by atoms with Crippen LogP contribution < -0.4 is 16.0 Å². The summed E-state index contributed by atoms with van der Waals surface area (Å²) in [5.74, 6) is 0.593. The number of rotatable bonds is 6. The van der Waals surface area contributed by atoms with Crippen LogP contribution in [-0.4, -0.2) is 85.2 Å². The summed E-state index contributed by atoms with van der Waals surface area (Å²) in [7, 11) is 2.01. The Morgan fingerprint density at radius 1 is 1.39 bits per heavy atom. The first kappa shape index (κ1) is 23.8. The summed E-state index contributed by atoms with van der Waals surface area (Å²) in [5.41, 5.74) is 0.450. The number of nitrogens with one attached hydrogen (secondary N) is 3. The molecule has 2 aliphatic carbocycles. The third kappa shape index (κ3) is 4.80. The smallest absolute Gasteiger partial charge is 0.223 e. The zero-order valence-corrected chi connectivity index (χ0v) is 20.4.